The monoisotopic (exact) mass is 197 g/mol. The molecule has 4 heteroatoms. The molecule has 0 aliphatic carbocycles. The molecule has 0 unspecified atom stereocenters. The topological polar surface area (TPSA) is 29.5 Å². The van der Waals surface area contributed by atoms with Crippen molar-refractivity contribution in [3.8, 4) is 0 Å². The summed E-state index contributed by atoms with van der Waals surface area (Å²) in [5, 5.41) is 5.44. The quantitative estimate of drug-likeness (QED) is 0.718. The molecule has 0 bridgehead atoms. The van der Waals surface area contributed by atoms with E-state index < -0.39 is 0 Å². The Morgan fingerprint density at radius 3 is 3.23 bits per heavy atom. The van der Waals surface area contributed by atoms with Gasteiger partial charge in [-0.25, -0.2) is 5.06 Å². The van der Waals surface area contributed by atoms with Gasteiger partial charge in [0.25, 0.3) is 5.91 Å². The molecule has 0 aromatic carbocycles. The summed E-state index contributed by atoms with van der Waals surface area (Å²) in [5.41, 5.74) is 1.07. The summed E-state index contributed by atoms with van der Waals surface area (Å²) >= 11 is 1.61. The lowest BCUT2D eigenvalue weighted by Crippen LogP contribution is -2.27. The molecule has 1 aliphatic heterocycles. The van der Waals surface area contributed by atoms with Gasteiger partial charge in [0.15, 0.2) is 0 Å². The number of amides is 1. The lowest BCUT2D eigenvalue weighted by atomic mass is 10.2. The van der Waals surface area contributed by atoms with Crippen molar-refractivity contribution in [2.75, 3.05) is 13.2 Å². The second-order valence-corrected chi connectivity index (χ2v) is 3.77. The number of carbonyl (C=O) groups excluding carboxylic acids is 1. The summed E-state index contributed by atoms with van der Waals surface area (Å²) in [6.07, 6.45) is 1.42. The van der Waals surface area contributed by atoms with Crippen LogP contribution in [-0.2, 0) is 16.1 Å². The van der Waals surface area contributed by atoms with Crippen molar-refractivity contribution in [3.63, 3.8) is 0 Å². The van der Waals surface area contributed by atoms with Crippen LogP contribution < -0.4 is 0 Å². The number of nitrogens with zero attached hydrogens (tertiary/aromatic N) is 1. The fraction of sp³-hybridized carbons (Fsp3) is 0.444. The lowest BCUT2D eigenvalue weighted by Gasteiger charge is -2.12. The Hall–Kier alpha value is -0.870. The van der Waals surface area contributed by atoms with Crippen LogP contribution in [0.15, 0.2) is 16.8 Å². The van der Waals surface area contributed by atoms with Gasteiger partial charge in [0.1, 0.15) is 0 Å². The third-order valence-electron chi connectivity index (χ3n) is 1.97. The van der Waals surface area contributed by atoms with Crippen molar-refractivity contribution in [1.29, 1.82) is 0 Å². The highest BCUT2D eigenvalue weighted by atomic mass is 32.1. The van der Waals surface area contributed by atoms with Crippen LogP contribution in [0.5, 0.6) is 0 Å². The zero-order valence-electron chi connectivity index (χ0n) is 7.23. The normalized spacial score (nSPS) is 16.5. The Labute approximate surface area is 80.9 Å². The van der Waals surface area contributed by atoms with Crippen LogP contribution in [-0.4, -0.2) is 24.1 Å². The van der Waals surface area contributed by atoms with E-state index in [2.05, 4.69) is 0 Å². The van der Waals surface area contributed by atoms with E-state index in [9.17, 15) is 4.79 Å². The van der Waals surface area contributed by atoms with Crippen LogP contribution in [0.1, 0.15) is 12.0 Å². The van der Waals surface area contributed by atoms with Crippen molar-refractivity contribution in [3.05, 3.63) is 22.4 Å². The molecule has 0 radical (unpaired) electrons. The van der Waals surface area contributed by atoms with Crippen molar-refractivity contribution in [2.45, 2.75) is 12.8 Å². The highest BCUT2D eigenvalue weighted by Crippen LogP contribution is 2.11. The molecule has 0 N–H and O–H groups in total. The molecule has 2 heterocycles. The zero-order valence-corrected chi connectivity index (χ0v) is 8.05. The number of rotatable bonds is 2. The minimum Gasteiger partial charge on any atom is -0.272 e. The molecule has 1 amide bonds. The lowest BCUT2D eigenvalue weighted by molar-refractivity contribution is -0.167. The Morgan fingerprint density at radius 1 is 1.69 bits per heavy atom. The van der Waals surface area contributed by atoms with Crippen molar-refractivity contribution < 1.29 is 9.63 Å². The van der Waals surface area contributed by atoms with Gasteiger partial charge in [-0.1, -0.05) is 0 Å². The van der Waals surface area contributed by atoms with Crippen LogP contribution in [0.25, 0.3) is 0 Å². The molecular weight excluding hydrogens is 186 g/mol. The van der Waals surface area contributed by atoms with E-state index in [0.29, 0.717) is 13.0 Å². The number of thiophene rings is 1. The van der Waals surface area contributed by atoms with Gasteiger partial charge in [0.05, 0.1) is 19.6 Å². The van der Waals surface area contributed by atoms with Gasteiger partial charge in [-0.15, -0.1) is 0 Å². The second kappa shape index (κ2) is 3.89. The molecule has 1 aromatic rings. The molecule has 1 fully saturated rings. The van der Waals surface area contributed by atoms with E-state index in [-0.39, 0.29) is 5.91 Å². The largest absolute Gasteiger partial charge is 0.272 e. The number of hydrogen-bond donors (Lipinski definition) is 0. The molecule has 1 saturated heterocycles. The summed E-state index contributed by atoms with van der Waals surface area (Å²) in [6.45, 7) is 1.42. The van der Waals surface area contributed by atoms with Crippen molar-refractivity contribution >= 4 is 17.2 Å². The zero-order chi connectivity index (χ0) is 9.10. The maximum Gasteiger partial charge on any atom is 0.250 e. The molecule has 3 nitrogen and oxygen atoms in total. The number of hydroxylamine groups is 2. The molecule has 2 rings (SSSR count). The Kier molecular flexibility index (Phi) is 2.61. The SMILES string of the molecule is O=C(Cc1ccsc1)N1CCCO1. The summed E-state index contributed by atoms with van der Waals surface area (Å²) in [7, 11) is 0. The highest BCUT2D eigenvalue weighted by Gasteiger charge is 2.19. The molecule has 0 spiro atoms. The van der Waals surface area contributed by atoms with Crippen LogP contribution in [0, 0.1) is 0 Å². The Balaban J connectivity index is 1.91. The molecule has 1 aliphatic rings. The van der Waals surface area contributed by atoms with Gasteiger partial charge in [-0.3, -0.25) is 9.63 Å². The van der Waals surface area contributed by atoms with Crippen LogP contribution >= 0.6 is 11.3 Å². The fourth-order valence-corrected chi connectivity index (χ4v) is 1.97. The predicted octanol–water partition coefficient (Wildman–Crippen LogP) is 1.45. The molecule has 70 valence electrons. The van der Waals surface area contributed by atoms with Crippen molar-refractivity contribution in [2.24, 2.45) is 0 Å². The van der Waals surface area contributed by atoms with Crippen LogP contribution in [0.4, 0.5) is 0 Å². The number of carbonyl (C=O) groups is 1. The fourth-order valence-electron chi connectivity index (χ4n) is 1.30. The van der Waals surface area contributed by atoms with Crippen LogP contribution in [0.2, 0.25) is 0 Å². The molecule has 13 heavy (non-hydrogen) atoms. The van der Waals surface area contributed by atoms with E-state index in [1.165, 1.54) is 5.06 Å². The summed E-state index contributed by atoms with van der Waals surface area (Å²) < 4.78 is 0. The predicted molar refractivity (Wildman–Crippen MR) is 50.3 cm³/mol. The van der Waals surface area contributed by atoms with E-state index in [1.807, 2.05) is 16.8 Å². The first-order valence-corrected chi connectivity index (χ1v) is 5.25. The smallest absolute Gasteiger partial charge is 0.250 e. The average molecular weight is 197 g/mol. The first-order valence-electron chi connectivity index (χ1n) is 4.30. The Morgan fingerprint density at radius 2 is 2.62 bits per heavy atom. The van der Waals surface area contributed by atoms with Gasteiger partial charge in [-0.05, 0) is 28.8 Å². The van der Waals surface area contributed by atoms with Gasteiger partial charge in [0, 0.05) is 0 Å². The first kappa shape index (κ1) is 8.72. The minimum absolute atomic E-state index is 0.0656. The summed E-state index contributed by atoms with van der Waals surface area (Å²) in [4.78, 5) is 16.7. The second-order valence-electron chi connectivity index (χ2n) is 2.99. The van der Waals surface area contributed by atoms with E-state index in [4.69, 9.17) is 4.84 Å². The van der Waals surface area contributed by atoms with Gasteiger partial charge in [-0.2, -0.15) is 11.3 Å². The third-order valence-corrected chi connectivity index (χ3v) is 2.70. The van der Waals surface area contributed by atoms with Gasteiger partial charge in [0.2, 0.25) is 0 Å². The third kappa shape index (κ3) is 2.08. The molecule has 0 atom stereocenters. The number of hydrogen-bond acceptors (Lipinski definition) is 3. The van der Waals surface area contributed by atoms with E-state index in [0.717, 1.165) is 18.5 Å². The maximum atomic E-state index is 11.5. The average Bonchev–Trinajstić information content (AvgIpc) is 2.74. The molecular formula is C9H11NO2S. The van der Waals surface area contributed by atoms with Crippen molar-refractivity contribution in [1.82, 2.24) is 5.06 Å². The highest BCUT2D eigenvalue weighted by molar-refractivity contribution is 7.07. The van der Waals surface area contributed by atoms with E-state index in [1.54, 1.807) is 11.3 Å². The minimum atomic E-state index is 0.0656. The standard InChI is InChI=1S/C9H11NO2S/c11-9(10-3-1-4-12-10)6-8-2-5-13-7-8/h2,5,7H,1,3-4,6H2. The van der Waals surface area contributed by atoms with E-state index >= 15 is 0 Å². The maximum absolute atomic E-state index is 11.5. The first-order chi connectivity index (χ1) is 6.36. The molecule has 1 aromatic heterocycles. The van der Waals surface area contributed by atoms with Gasteiger partial charge < -0.3 is 0 Å². The Bertz CT molecular complexity index is 278. The molecule has 0 saturated carbocycles. The van der Waals surface area contributed by atoms with Crippen LogP contribution in [0.3, 0.4) is 0 Å². The summed E-state index contributed by atoms with van der Waals surface area (Å²) in [6, 6.07) is 1.97. The summed E-state index contributed by atoms with van der Waals surface area (Å²) in [5.74, 6) is 0.0656. The van der Waals surface area contributed by atoms with Gasteiger partial charge >= 0.3 is 0 Å².